The summed E-state index contributed by atoms with van der Waals surface area (Å²) in [5.74, 6) is -0.804. The highest BCUT2D eigenvalue weighted by Gasteiger charge is 2.41. The fourth-order valence-corrected chi connectivity index (χ4v) is 5.20. The molecule has 0 amide bonds. The topological polar surface area (TPSA) is 124 Å². The summed E-state index contributed by atoms with van der Waals surface area (Å²) in [5.41, 5.74) is 0.229. The van der Waals surface area contributed by atoms with E-state index in [0.717, 1.165) is 12.1 Å². The van der Waals surface area contributed by atoms with Crippen LogP contribution in [0.2, 0.25) is 0 Å². The molecule has 0 spiro atoms. The summed E-state index contributed by atoms with van der Waals surface area (Å²) in [7, 11) is 5.08. The zero-order valence-corrected chi connectivity index (χ0v) is 25.0. The van der Waals surface area contributed by atoms with E-state index < -0.39 is 29.4 Å². The summed E-state index contributed by atoms with van der Waals surface area (Å²) in [6.45, 7) is 2.54. The third kappa shape index (κ3) is 6.28. The monoisotopic (exact) mass is 650 g/mol. The first-order valence-electron chi connectivity index (χ1n) is 12.7. The van der Waals surface area contributed by atoms with Gasteiger partial charge in [0.15, 0.2) is 0 Å². The lowest BCUT2D eigenvalue weighted by atomic mass is 9.89. The van der Waals surface area contributed by atoms with Crippen LogP contribution in [0, 0.1) is 11.3 Å². The molecule has 3 aromatic rings. The molecular formula is C28H30BrF3N6O4. The Morgan fingerprint density at radius 3 is 2.57 bits per heavy atom. The number of methoxy groups -OCH3 is 1. The number of quaternary nitrogens is 1. The van der Waals surface area contributed by atoms with Crippen LogP contribution in [-0.2, 0) is 22.3 Å². The molecule has 0 bridgehead atoms. The first kappa shape index (κ1) is 32.6. The number of nitrogens with zero attached hydrogens (tertiary/aromatic N) is 5. The summed E-state index contributed by atoms with van der Waals surface area (Å²) < 4.78 is 47.5. The molecule has 0 radical (unpaired) electrons. The maximum atomic E-state index is 13.6. The van der Waals surface area contributed by atoms with E-state index in [1.165, 1.54) is 28.7 Å². The van der Waals surface area contributed by atoms with E-state index >= 15 is 0 Å². The van der Waals surface area contributed by atoms with Gasteiger partial charge in [0.25, 0.3) is 0 Å². The normalized spacial score (nSPS) is 15.1. The van der Waals surface area contributed by atoms with Crippen LogP contribution in [0.25, 0.3) is 0 Å². The first-order valence-corrected chi connectivity index (χ1v) is 12.7. The van der Waals surface area contributed by atoms with Crippen LogP contribution in [0.1, 0.15) is 41.6 Å². The van der Waals surface area contributed by atoms with E-state index in [1.807, 2.05) is 14.1 Å². The number of nitrogens with one attached hydrogen (secondary N) is 1. The largest absolute Gasteiger partial charge is 1.00 e. The number of hydrogen-bond acceptors (Lipinski definition) is 7. The maximum absolute atomic E-state index is 13.6. The molecule has 224 valence electrons. The number of allylic oxidation sites excluding steroid dienone is 1. The minimum Gasteiger partial charge on any atom is -1.00 e. The number of anilines is 2. The lowest BCUT2D eigenvalue weighted by Crippen LogP contribution is -3.00. The molecule has 1 aliphatic rings. The van der Waals surface area contributed by atoms with E-state index in [0.29, 0.717) is 40.7 Å². The third-order valence-electron chi connectivity index (χ3n) is 7.07. The number of hydrogen-bond donors (Lipinski definition) is 2. The SMILES string of the molecule is COC(=O)C1=C(C)N(c2cccc(C(F)(F)F)c2)c2n[nH]c(=O)n2[C@@H]1c1ccc(C#N)cc1C[N+](C)(C)CCCO.[Br-]. The fraction of sp³-hybridized carbons (Fsp3) is 0.357. The predicted molar refractivity (Wildman–Crippen MR) is 143 cm³/mol. The molecule has 4 rings (SSSR count). The van der Waals surface area contributed by atoms with Crippen molar-refractivity contribution in [2.45, 2.75) is 32.1 Å². The quantitative estimate of drug-likeness (QED) is 0.271. The van der Waals surface area contributed by atoms with Crippen molar-refractivity contribution < 1.29 is 49.3 Å². The number of carbonyl (C=O) groups is 1. The van der Waals surface area contributed by atoms with Gasteiger partial charge in [-0.3, -0.25) is 4.90 Å². The van der Waals surface area contributed by atoms with Gasteiger partial charge in [0, 0.05) is 30.0 Å². The van der Waals surface area contributed by atoms with Crippen LogP contribution >= 0.6 is 0 Å². The van der Waals surface area contributed by atoms with Crippen molar-refractivity contribution in [3.8, 4) is 6.07 Å². The number of halogens is 4. The Bertz CT molecular complexity index is 1610. The van der Waals surface area contributed by atoms with Crippen molar-refractivity contribution in [1.82, 2.24) is 14.8 Å². The van der Waals surface area contributed by atoms with Gasteiger partial charge >= 0.3 is 17.8 Å². The Kier molecular flexibility index (Phi) is 9.71. The Hall–Kier alpha value is -3.93. The van der Waals surface area contributed by atoms with Gasteiger partial charge in [-0.1, -0.05) is 12.1 Å². The van der Waals surface area contributed by atoms with Gasteiger partial charge in [-0.15, -0.1) is 5.10 Å². The molecule has 0 unspecified atom stereocenters. The molecule has 0 fully saturated rings. The molecular weight excluding hydrogens is 621 g/mol. The fourth-order valence-electron chi connectivity index (χ4n) is 5.20. The first-order chi connectivity index (χ1) is 19.3. The Morgan fingerprint density at radius 2 is 1.95 bits per heavy atom. The molecule has 0 aliphatic carbocycles. The lowest BCUT2D eigenvalue weighted by molar-refractivity contribution is -0.903. The zero-order valence-electron chi connectivity index (χ0n) is 23.4. The van der Waals surface area contributed by atoms with Gasteiger partial charge in [0.05, 0.1) is 50.5 Å². The number of aromatic nitrogens is 3. The predicted octanol–water partition coefficient (Wildman–Crippen LogP) is 0.613. The van der Waals surface area contributed by atoms with Crippen molar-refractivity contribution in [3.05, 3.63) is 86.5 Å². The van der Waals surface area contributed by atoms with Gasteiger partial charge < -0.3 is 31.3 Å². The average Bonchev–Trinajstić information content (AvgIpc) is 3.30. The van der Waals surface area contributed by atoms with Crippen LogP contribution in [0.4, 0.5) is 24.8 Å². The van der Waals surface area contributed by atoms with Crippen LogP contribution in [-0.4, -0.2) is 64.7 Å². The van der Waals surface area contributed by atoms with Crippen molar-refractivity contribution in [2.24, 2.45) is 0 Å². The average molecular weight is 651 g/mol. The Labute approximate surface area is 250 Å². The number of aliphatic hydroxyl groups excluding tert-OH is 1. The second kappa shape index (κ2) is 12.5. The number of ether oxygens (including phenoxy) is 1. The standard InChI is InChI=1S/C28H29F3N6O4.BrH/c1-17-23(25(39)41-4)24(22-10-9-18(15-32)13-19(22)16-37(2,3)11-6-12-38)36-26(33-34-27(36)40)35(17)21-8-5-7-20(14-21)28(29,30)31;/h5,7-10,13-14,24,38H,6,11-12,16H2,1-4H3;1H/t24-;/m1./s1. The van der Waals surface area contributed by atoms with E-state index in [1.54, 1.807) is 25.1 Å². The minimum absolute atomic E-state index is 0. The molecule has 0 saturated heterocycles. The van der Waals surface area contributed by atoms with E-state index in [4.69, 9.17) is 4.74 Å². The summed E-state index contributed by atoms with van der Waals surface area (Å²) in [4.78, 5) is 27.9. The molecule has 1 aliphatic heterocycles. The van der Waals surface area contributed by atoms with Gasteiger partial charge in [-0.05, 0) is 42.8 Å². The molecule has 1 aromatic heterocycles. The Morgan fingerprint density at radius 1 is 1.24 bits per heavy atom. The maximum Gasteiger partial charge on any atom is 0.416 e. The lowest BCUT2D eigenvalue weighted by Gasteiger charge is -2.37. The van der Waals surface area contributed by atoms with Crippen LogP contribution < -0.4 is 27.6 Å². The van der Waals surface area contributed by atoms with Crippen LogP contribution in [0.3, 0.4) is 0 Å². The number of carbonyl (C=O) groups excluding carboxylic acids is 1. The van der Waals surface area contributed by atoms with Gasteiger partial charge in [0.2, 0.25) is 5.95 Å². The summed E-state index contributed by atoms with van der Waals surface area (Å²) >= 11 is 0. The van der Waals surface area contributed by atoms with E-state index in [-0.39, 0.29) is 46.5 Å². The van der Waals surface area contributed by atoms with Crippen LogP contribution in [0.15, 0.2) is 58.5 Å². The number of alkyl halides is 3. The summed E-state index contributed by atoms with van der Waals surface area (Å²) in [5, 5.41) is 25.5. The number of benzene rings is 2. The van der Waals surface area contributed by atoms with Crippen LogP contribution in [0.5, 0.6) is 0 Å². The highest BCUT2D eigenvalue weighted by molar-refractivity contribution is 5.93. The van der Waals surface area contributed by atoms with Gasteiger partial charge in [-0.2, -0.15) is 18.4 Å². The number of fused-ring (bicyclic) bond motifs is 1. The molecule has 14 heteroatoms. The zero-order chi connectivity index (χ0) is 30.1. The van der Waals surface area contributed by atoms with Crippen molar-refractivity contribution in [3.63, 3.8) is 0 Å². The summed E-state index contributed by atoms with van der Waals surface area (Å²) in [6, 6.07) is 10.5. The number of aromatic amines is 1. The number of aliphatic hydroxyl groups is 1. The molecule has 0 saturated carbocycles. The number of H-pyrrole nitrogens is 1. The highest BCUT2D eigenvalue weighted by Crippen LogP contribution is 2.43. The second-order valence-corrected chi connectivity index (χ2v) is 10.4. The molecule has 42 heavy (non-hydrogen) atoms. The number of esters is 1. The minimum atomic E-state index is -4.62. The van der Waals surface area contributed by atoms with Gasteiger partial charge in [-0.25, -0.2) is 19.3 Å². The Balaban J connectivity index is 0.00000484. The molecule has 2 aromatic carbocycles. The van der Waals surface area contributed by atoms with Crippen molar-refractivity contribution in [2.75, 3.05) is 39.3 Å². The van der Waals surface area contributed by atoms with Crippen molar-refractivity contribution >= 4 is 17.6 Å². The molecule has 2 N–H and O–H groups in total. The second-order valence-electron chi connectivity index (χ2n) is 10.4. The highest BCUT2D eigenvalue weighted by atomic mass is 79.9. The van der Waals surface area contributed by atoms with E-state index in [2.05, 4.69) is 16.3 Å². The number of rotatable bonds is 8. The van der Waals surface area contributed by atoms with Crippen molar-refractivity contribution in [1.29, 1.82) is 5.26 Å². The smallest absolute Gasteiger partial charge is 0.416 e. The molecule has 10 nitrogen and oxygen atoms in total. The molecule has 1 atom stereocenters. The third-order valence-corrected chi connectivity index (χ3v) is 7.07. The summed E-state index contributed by atoms with van der Waals surface area (Å²) in [6.07, 6.45) is -4.09. The van der Waals surface area contributed by atoms with Gasteiger partial charge in [0.1, 0.15) is 12.6 Å². The molecule has 2 heterocycles. The number of nitriles is 1. The van der Waals surface area contributed by atoms with E-state index in [9.17, 15) is 33.1 Å².